The first kappa shape index (κ1) is 11.6. The van der Waals surface area contributed by atoms with Gasteiger partial charge in [-0.2, -0.15) is 5.10 Å². The minimum Gasteiger partial charge on any atom is -0.340 e. The summed E-state index contributed by atoms with van der Waals surface area (Å²) in [4.78, 5) is 13.8. The smallest absolute Gasteiger partial charge is 0.244 e. The van der Waals surface area contributed by atoms with Crippen LogP contribution in [-0.4, -0.2) is 46.8 Å². The average molecular weight is 287 g/mol. The van der Waals surface area contributed by atoms with Crippen LogP contribution in [0, 0.1) is 0 Å². The second-order valence-electron chi connectivity index (χ2n) is 3.84. The topological polar surface area (TPSA) is 50.2 Å². The van der Waals surface area contributed by atoms with Crippen LogP contribution < -0.4 is 5.32 Å². The zero-order valence-electron chi connectivity index (χ0n) is 9.03. The number of hydrogen-bond acceptors (Lipinski definition) is 3. The first-order valence-corrected chi connectivity index (χ1v) is 6.21. The fraction of sp³-hybridized carbons (Fsp3) is 0.600. The van der Waals surface area contributed by atoms with Crippen LogP contribution >= 0.6 is 15.9 Å². The van der Waals surface area contributed by atoms with Crippen molar-refractivity contribution in [3.05, 3.63) is 16.9 Å². The fourth-order valence-electron chi connectivity index (χ4n) is 1.76. The van der Waals surface area contributed by atoms with Gasteiger partial charge in [-0.25, -0.2) is 0 Å². The molecular weight excluding hydrogens is 272 g/mol. The highest BCUT2D eigenvalue weighted by molar-refractivity contribution is 9.10. The van der Waals surface area contributed by atoms with E-state index in [0.717, 1.165) is 37.1 Å². The van der Waals surface area contributed by atoms with Gasteiger partial charge >= 0.3 is 0 Å². The highest BCUT2D eigenvalue weighted by Crippen LogP contribution is 2.06. The lowest BCUT2D eigenvalue weighted by atomic mass is 10.4. The van der Waals surface area contributed by atoms with Crippen molar-refractivity contribution in [1.82, 2.24) is 20.0 Å². The van der Waals surface area contributed by atoms with Gasteiger partial charge in [0.15, 0.2) is 0 Å². The molecule has 1 saturated heterocycles. The van der Waals surface area contributed by atoms with E-state index in [1.807, 2.05) is 11.1 Å². The Morgan fingerprint density at radius 1 is 1.50 bits per heavy atom. The van der Waals surface area contributed by atoms with Gasteiger partial charge in [0.1, 0.15) is 6.54 Å². The maximum absolute atomic E-state index is 12.0. The van der Waals surface area contributed by atoms with Crippen LogP contribution in [0.3, 0.4) is 0 Å². The van der Waals surface area contributed by atoms with Crippen molar-refractivity contribution in [3.63, 3.8) is 0 Å². The summed E-state index contributed by atoms with van der Waals surface area (Å²) in [6.45, 7) is 3.84. The molecule has 0 unspecified atom stereocenters. The summed E-state index contributed by atoms with van der Waals surface area (Å²) < 4.78 is 2.56. The van der Waals surface area contributed by atoms with Gasteiger partial charge in [0.2, 0.25) is 5.91 Å². The molecular formula is C10H15BrN4O. The molecule has 0 spiro atoms. The van der Waals surface area contributed by atoms with Gasteiger partial charge in [-0.05, 0) is 28.9 Å². The Balaban J connectivity index is 1.91. The minimum absolute atomic E-state index is 0.138. The Morgan fingerprint density at radius 2 is 2.38 bits per heavy atom. The number of nitrogens with zero attached hydrogens (tertiary/aromatic N) is 3. The molecule has 0 saturated carbocycles. The highest BCUT2D eigenvalue weighted by Gasteiger charge is 2.15. The van der Waals surface area contributed by atoms with Gasteiger partial charge in [-0.15, -0.1) is 0 Å². The number of hydrogen-bond donors (Lipinski definition) is 1. The number of nitrogens with one attached hydrogen (secondary N) is 1. The molecule has 2 rings (SSSR count). The molecule has 0 bridgehead atoms. The zero-order chi connectivity index (χ0) is 11.4. The summed E-state index contributed by atoms with van der Waals surface area (Å²) >= 11 is 3.31. The number of amides is 1. The molecule has 16 heavy (non-hydrogen) atoms. The molecule has 1 amide bonds. The number of carbonyl (C=O) groups is 1. The van der Waals surface area contributed by atoms with E-state index in [9.17, 15) is 4.79 Å². The predicted octanol–water partition coefficient (Wildman–Crippen LogP) is 0.467. The van der Waals surface area contributed by atoms with Crippen molar-refractivity contribution >= 4 is 21.8 Å². The maximum Gasteiger partial charge on any atom is 0.244 e. The van der Waals surface area contributed by atoms with Gasteiger partial charge in [0, 0.05) is 25.8 Å². The fourth-order valence-corrected chi connectivity index (χ4v) is 2.09. The Labute approximate surface area is 103 Å². The molecule has 0 radical (unpaired) electrons. The molecule has 1 aliphatic heterocycles. The Kier molecular flexibility index (Phi) is 3.95. The largest absolute Gasteiger partial charge is 0.340 e. The highest BCUT2D eigenvalue weighted by atomic mass is 79.9. The normalized spacial score (nSPS) is 17.2. The van der Waals surface area contributed by atoms with Gasteiger partial charge in [-0.3, -0.25) is 9.48 Å². The molecule has 0 atom stereocenters. The maximum atomic E-state index is 12.0. The lowest BCUT2D eigenvalue weighted by molar-refractivity contribution is -0.131. The van der Waals surface area contributed by atoms with Crippen LogP contribution in [0.4, 0.5) is 0 Å². The van der Waals surface area contributed by atoms with Crippen molar-refractivity contribution in [2.45, 2.75) is 13.0 Å². The van der Waals surface area contributed by atoms with Crippen LogP contribution in [0.5, 0.6) is 0 Å². The minimum atomic E-state index is 0.138. The summed E-state index contributed by atoms with van der Waals surface area (Å²) in [6.07, 6.45) is 4.53. The number of halogens is 1. The lowest BCUT2D eigenvalue weighted by Crippen LogP contribution is -2.36. The van der Waals surface area contributed by atoms with E-state index >= 15 is 0 Å². The van der Waals surface area contributed by atoms with Crippen molar-refractivity contribution in [2.75, 3.05) is 26.2 Å². The SMILES string of the molecule is O=C(Cn1cc(Br)cn1)N1CCCNCC1. The van der Waals surface area contributed by atoms with Crippen LogP contribution in [0.15, 0.2) is 16.9 Å². The van der Waals surface area contributed by atoms with Crippen molar-refractivity contribution in [2.24, 2.45) is 0 Å². The molecule has 5 nitrogen and oxygen atoms in total. The van der Waals surface area contributed by atoms with Crippen LogP contribution in [0.1, 0.15) is 6.42 Å². The van der Waals surface area contributed by atoms with Gasteiger partial charge in [0.05, 0.1) is 10.7 Å². The lowest BCUT2D eigenvalue weighted by Gasteiger charge is -2.19. The molecule has 0 aromatic carbocycles. The average Bonchev–Trinajstić information content (AvgIpc) is 2.56. The molecule has 1 aromatic heterocycles. The third kappa shape index (κ3) is 3.05. The Morgan fingerprint density at radius 3 is 3.12 bits per heavy atom. The number of carbonyl (C=O) groups excluding carboxylic acids is 1. The summed E-state index contributed by atoms with van der Waals surface area (Å²) in [5.74, 6) is 0.138. The second-order valence-corrected chi connectivity index (χ2v) is 4.76. The quantitative estimate of drug-likeness (QED) is 0.860. The molecule has 1 aliphatic rings. The van der Waals surface area contributed by atoms with Gasteiger partial charge in [0.25, 0.3) is 0 Å². The first-order valence-electron chi connectivity index (χ1n) is 5.42. The molecule has 6 heteroatoms. The van der Waals surface area contributed by atoms with E-state index in [4.69, 9.17) is 0 Å². The van der Waals surface area contributed by atoms with Gasteiger partial charge < -0.3 is 10.2 Å². The van der Waals surface area contributed by atoms with Crippen molar-refractivity contribution in [1.29, 1.82) is 0 Å². The third-order valence-electron chi connectivity index (χ3n) is 2.59. The molecule has 1 N–H and O–H groups in total. The van der Waals surface area contributed by atoms with E-state index < -0.39 is 0 Å². The number of rotatable bonds is 2. The van der Waals surface area contributed by atoms with Crippen LogP contribution in [0.25, 0.3) is 0 Å². The van der Waals surface area contributed by atoms with Crippen molar-refractivity contribution in [3.8, 4) is 0 Å². The summed E-state index contributed by atoms with van der Waals surface area (Å²) in [7, 11) is 0. The summed E-state index contributed by atoms with van der Waals surface area (Å²) in [5.41, 5.74) is 0. The van der Waals surface area contributed by atoms with Crippen LogP contribution in [0.2, 0.25) is 0 Å². The van der Waals surface area contributed by atoms with E-state index in [1.54, 1.807) is 10.9 Å². The van der Waals surface area contributed by atoms with Gasteiger partial charge in [-0.1, -0.05) is 0 Å². The van der Waals surface area contributed by atoms with E-state index in [0.29, 0.717) is 6.54 Å². The standard InChI is InChI=1S/C10H15BrN4O/c11-9-6-13-15(7-9)8-10(16)14-4-1-2-12-3-5-14/h6-7,12H,1-5,8H2. The van der Waals surface area contributed by atoms with Crippen LogP contribution in [-0.2, 0) is 11.3 Å². The first-order chi connectivity index (χ1) is 7.75. The Hall–Kier alpha value is -0.880. The third-order valence-corrected chi connectivity index (χ3v) is 3.00. The van der Waals surface area contributed by atoms with E-state index in [2.05, 4.69) is 26.3 Å². The second kappa shape index (κ2) is 5.45. The summed E-state index contributed by atoms with van der Waals surface area (Å²) in [6, 6.07) is 0. The van der Waals surface area contributed by atoms with Crippen molar-refractivity contribution < 1.29 is 4.79 Å². The zero-order valence-corrected chi connectivity index (χ0v) is 10.6. The molecule has 88 valence electrons. The van der Waals surface area contributed by atoms with E-state index in [-0.39, 0.29) is 5.91 Å². The monoisotopic (exact) mass is 286 g/mol. The molecule has 1 aromatic rings. The Bertz CT molecular complexity index is 357. The molecule has 2 heterocycles. The molecule has 1 fully saturated rings. The summed E-state index contributed by atoms with van der Waals surface area (Å²) in [5, 5.41) is 7.36. The number of aromatic nitrogens is 2. The molecule has 0 aliphatic carbocycles. The van der Waals surface area contributed by atoms with E-state index in [1.165, 1.54) is 0 Å². The predicted molar refractivity (Wildman–Crippen MR) is 64.0 cm³/mol.